The van der Waals surface area contributed by atoms with Gasteiger partial charge in [0.15, 0.2) is 11.7 Å². The van der Waals surface area contributed by atoms with Crippen molar-refractivity contribution in [3.8, 4) is 0 Å². The number of nitrogens with two attached hydrogens (primary N) is 1. The maximum absolute atomic E-state index is 13.4. The number of nitrogens with zero attached hydrogens (tertiary/aromatic N) is 2. The number of anilines is 1. The summed E-state index contributed by atoms with van der Waals surface area (Å²) in [5.41, 5.74) is 5.33. The minimum absolute atomic E-state index is 0.0843. The van der Waals surface area contributed by atoms with Gasteiger partial charge in [0.2, 0.25) is 0 Å². The van der Waals surface area contributed by atoms with Gasteiger partial charge in [0, 0.05) is 11.4 Å². The van der Waals surface area contributed by atoms with E-state index in [4.69, 9.17) is 28.9 Å². The number of hydrogen-bond acceptors (Lipinski definition) is 3. The van der Waals surface area contributed by atoms with E-state index in [-0.39, 0.29) is 17.3 Å². The lowest BCUT2D eigenvalue weighted by molar-refractivity contribution is -0.173. The summed E-state index contributed by atoms with van der Waals surface area (Å²) < 4.78 is 41.0. The first-order chi connectivity index (χ1) is 11.2. The molecule has 0 radical (unpaired) electrons. The standard InChI is InChI=1S/C14H11Cl2F3N4O/c15-7-3-1-6(2-4-7)8-5-9(14(17,18)19)23-13(21-8)10(16)11(22-23)12(20)24/h1-4,8-9,21H,5H2,(H2,20,24)/t8-,9-/m0/s1. The molecule has 0 unspecified atom stereocenters. The molecular formula is C14H11Cl2F3N4O. The molecule has 1 aromatic heterocycles. The fourth-order valence-electron chi connectivity index (χ4n) is 2.66. The third-order valence-electron chi connectivity index (χ3n) is 3.80. The van der Waals surface area contributed by atoms with Gasteiger partial charge in [-0.15, -0.1) is 0 Å². The second-order valence-electron chi connectivity index (χ2n) is 5.36. The highest BCUT2D eigenvalue weighted by Crippen LogP contribution is 2.46. The van der Waals surface area contributed by atoms with Crippen molar-refractivity contribution in [3.05, 3.63) is 45.6 Å². The molecule has 3 N–H and O–H groups in total. The van der Waals surface area contributed by atoms with Gasteiger partial charge in [-0.1, -0.05) is 35.3 Å². The molecule has 2 heterocycles. The third-order valence-corrected chi connectivity index (χ3v) is 4.41. The molecular weight excluding hydrogens is 368 g/mol. The van der Waals surface area contributed by atoms with Gasteiger partial charge in [-0.05, 0) is 17.7 Å². The Balaban J connectivity index is 2.08. The highest BCUT2D eigenvalue weighted by molar-refractivity contribution is 6.36. The van der Waals surface area contributed by atoms with Crippen LogP contribution in [0.2, 0.25) is 10.0 Å². The molecule has 0 saturated heterocycles. The summed E-state index contributed by atoms with van der Waals surface area (Å²) in [5.74, 6) is -1.08. The number of benzene rings is 1. The molecule has 3 rings (SSSR count). The first-order valence-electron chi connectivity index (χ1n) is 6.85. The Hall–Kier alpha value is -1.93. The number of halogens is 5. The van der Waals surface area contributed by atoms with Crippen LogP contribution in [0.1, 0.15) is 34.6 Å². The normalized spacial score (nSPS) is 20.4. The SMILES string of the molecule is NC(=O)c1nn2c(c1Cl)N[C@H](c1ccc(Cl)cc1)C[C@H]2C(F)(F)F. The van der Waals surface area contributed by atoms with Gasteiger partial charge in [0.25, 0.3) is 5.91 Å². The zero-order valence-electron chi connectivity index (χ0n) is 11.9. The second-order valence-corrected chi connectivity index (χ2v) is 6.18. The van der Waals surface area contributed by atoms with E-state index in [1.807, 2.05) is 0 Å². The molecule has 128 valence electrons. The van der Waals surface area contributed by atoms with E-state index in [0.29, 0.717) is 15.3 Å². The molecule has 1 aliphatic rings. The minimum Gasteiger partial charge on any atom is -0.364 e. The van der Waals surface area contributed by atoms with E-state index >= 15 is 0 Å². The van der Waals surface area contributed by atoms with E-state index in [1.54, 1.807) is 24.3 Å². The Morgan fingerprint density at radius 1 is 1.29 bits per heavy atom. The van der Waals surface area contributed by atoms with Crippen LogP contribution in [0.25, 0.3) is 0 Å². The minimum atomic E-state index is -4.56. The van der Waals surface area contributed by atoms with E-state index in [0.717, 1.165) is 0 Å². The number of nitrogens with one attached hydrogen (secondary N) is 1. The molecule has 1 aromatic carbocycles. The number of hydrogen-bond donors (Lipinski definition) is 2. The van der Waals surface area contributed by atoms with Crippen LogP contribution < -0.4 is 11.1 Å². The summed E-state index contributed by atoms with van der Waals surface area (Å²) in [4.78, 5) is 11.3. The lowest BCUT2D eigenvalue weighted by Gasteiger charge is -2.33. The van der Waals surface area contributed by atoms with Crippen molar-refractivity contribution in [3.63, 3.8) is 0 Å². The van der Waals surface area contributed by atoms with Gasteiger partial charge in [0.05, 0.1) is 6.04 Å². The molecule has 0 aliphatic carbocycles. The fraction of sp³-hybridized carbons (Fsp3) is 0.286. The number of aromatic nitrogens is 2. The molecule has 24 heavy (non-hydrogen) atoms. The predicted octanol–water partition coefficient (Wildman–Crippen LogP) is 3.95. The maximum Gasteiger partial charge on any atom is 0.410 e. The zero-order chi connectivity index (χ0) is 17.6. The van der Waals surface area contributed by atoms with Crippen LogP contribution in [-0.4, -0.2) is 21.9 Å². The lowest BCUT2D eigenvalue weighted by atomic mass is 9.97. The van der Waals surface area contributed by atoms with Crippen LogP contribution in [0.3, 0.4) is 0 Å². The van der Waals surface area contributed by atoms with Crippen molar-refractivity contribution in [2.45, 2.75) is 24.7 Å². The maximum atomic E-state index is 13.4. The van der Waals surface area contributed by atoms with Gasteiger partial charge < -0.3 is 11.1 Å². The lowest BCUT2D eigenvalue weighted by Crippen LogP contribution is -2.35. The summed E-state index contributed by atoms with van der Waals surface area (Å²) in [6.07, 6.45) is -4.87. The van der Waals surface area contributed by atoms with Crippen LogP contribution in [0.4, 0.5) is 19.0 Å². The van der Waals surface area contributed by atoms with Crippen LogP contribution in [0.5, 0.6) is 0 Å². The van der Waals surface area contributed by atoms with Crippen molar-refractivity contribution in [1.29, 1.82) is 0 Å². The molecule has 0 spiro atoms. The Morgan fingerprint density at radius 2 is 1.92 bits per heavy atom. The highest BCUT2D eigenvalue weighted by atomic mass is 35.5. The Labute approximate surface area is 144 Å². The Bertz CT molecular complexity index is 789. The topological polar surface area (TPSA) is 72.9 Å². The number of rotatable bonds is 2. The van der Waals surface area contributed by atoms with Gasteiger partial charge in [0.1, 0.15) is 10.8 Å². The Kier molecular flexibility index (Phi) is 4.13. The average molecular weight is 379 g/mol. The molecule has 0 fully saturated rings. The number of carbonyl (C=O) groups excluding carboxylic acids is 1. The zero-order valence-corrected chi connectivity index (χ0v) is 13.5. The molecule has 1 aliphatic heterocycles. The smallest absolute Gasteiger partial charge is 0.364 e. The quantitative estimate of drug-likeness (QED) is 0.830. The summed E-state index contributed by atoms with van der Waals surface area (Å²) in [6, 6.07) is 3.83. The molecule has 0 bridgehead atoms. The predicted molar refractivity (Wildman–Crippen MR) is 83.3 cm³/mol. The van der Waals surface area contributed by atoms with E-state index in [9.17, 15) is 18.0 Å². The van der Waals surface area contributed by atoms with Crippen LogP contribution >= 0.6 is 23.2 Å². The van der Waals surface area contributed by atoms with E-state index in [1.165, 1.54) is 0 Å². The fourth-order valence-corrected chi connectivity index (χ4v) is 3.06. The summed E-state index contributed by atoms with van der Waals surface area (Å²) in [6.45, 7) is 0. The number of carbonyl (C=O) groups is 1. The van der Waals surface area contributed by atoms with Crippen molar-refractivity contribution in [1.82, 2.24) is 9.78 Å². The number of amides is 1. The molecule has 2 aromatic rings. The van der Waals surface area contributed by atoms with Gasteiger partial charge in [-0.25, -0.2) is 4.68 Å². The van der Waals surface area contributed by atoms with Gasteiger partial charge in [-0.3, -0.25) is 4.79 Å². The first-order valence-corrected chi connectivity index (χ1v) is 7.60. The van der Waals surface area contributed by atoms with Crippen molar-refractivity contribution in [2.75, 3.05) is 5.32 Å². The van der Waals surface area contributed by atoms with E-state index in [2.05, 4.69) is 10.4 Å². The van der Waals surface area contributed by atoms with Crippen LogP contribution in [0, 0.1) is 0 Å². The Morgan fingerprint density at radius 3 is 2.46 bits per heavy atom. The summed E-state index contributed by atoms with van der Waals surface area (Å²) in [5, 5.41) is 6.79. The van der Waals surface area contributed by atoms with Crippen LogP contribution in [-0.2, 0) is 0 Å². The van der Waals surface area contributed by atoms with Gasteiger partial charge in [-0.2, -0.15) is 18.3 Å². The number of primary amides is 1. The van der Waals surface area contributed by atoms with Crippen molar-refractivity contribution < 1.29 is 18.0 Å². The summed E-state index contributed by atoms with van der Waals surface area (Å²) in [7, 11) is 0. The van der Waals surface area contributed by atoms with Crippen molar-refractivity contribution in [2.24, 2.45) is 5.73 Å². The largest absolute Gasteiger partial charge is 0.410 e. The van der Waals surface area contributed by atoms with E-state index < -0.39 is 29.9 Å². The molecule has 0 saturated carbocycles. The van der Waals surface area contributed by atoms with Gasteiger partial charge >= 0.3 is 6.18 Å². The molecule has 1 amide bonds. The van der Waals surface area contributed by atoms with Crippen LogP contribution in [0.15, 0.2) is 24.3 Å². The van der Waals surface area contributed by atoms with Crippen molar-refractivity contribution >= 4 is 34.9 Å². The third kappa shape index (κ3) is 2.91. The number of fused-ring (bicyclic) bond motifs is 1. The summed E-state index contributed by atoms with van der Waals surface area (Å²) >= 11 is 11.8. The first kappa shape index (κ1) is 16.9. The molecule has 5 nitrogen and oxygen atoms in total. The number of alkyl halides is 3. The highest BCUT2D eigenvalue weighted by Gasteiger charge is 2.47. The average Bonchev–Trinajstić information content (AvgIpc) is 2.83. The molecule has 10 heteroatoms. The second kappa shape index (κ2) is 5.86. The monoisotopic (exact) mass is 378 g/mol. The molecule has 2 atom stereocenters.